The van der Waals surface area contributed by atoms with Gasteiger partial charge in [0, 0.05) is 10.0 Å². The molecule has 0 bridgehead atoms. The van der Waals surface area contributed by atoms with E-state index in [1.54, 1.807) is 6.92 Å². The first-order chi connectivity index (χ1) is 7.10. The van der Waals surface area contributed by atoms with E-state index in [0.29, 0.717) is 6.61 Å². The molecule has 1 atom stereocenters. The van der Waals surface area contributed by atoms with Crippen molar-refractivity contribution in [1.82, 2.24) is 0 Å². The van der Waals surface area contributed by atoms with Crippen molar-refractivity contribution in [2.45, 2.75) is 12.5 Å². The zero-order valence-corrected chi connectivity index (χ0v) is 9.80. The highest BCUT2D eigenvalue weighted by Gasteiger charge is 2.46. The van der Waals surface area contributed by atoms with Gasteiger partial charge in [-0.25, -0.2) is 0 Å². The third-order valence-electron chi connectivity index (χ3n) is 2.20. The lowest BCUT2D eigenvalue weighted by molar-refractivity contribution is -0.118. The van der Waals surface area contributed by atoms with Gasteiger partial charge in [-0.05, 0) is 31.0 Å². The van der Waals surface area contributed by atoms with Gasteiger partial charge < -0.3 is 4.74 Å². The van der Waals surface area contributed by atoms with Gasteiger partial charge >= 0.3 is 0 Å². The fourth-order valence-electron chi connectivity index (χ4n) is 1.07. The first-order valence-electron chi connectivity index (χ1n) is 4.56. The van der Waals surface area contributed by atoms with Crippen LogP contribution in [0.15, 0.2) is 28.7 Å². The Morgan fingerprint density at radius 3 is 2.93 bits per heavy atom. The molecule has 1 unspecified atom stereocenters. The minimum atomic E-state index is -0.640. The number of halogens is 1. The Balaban J connectivity index is 2.15. The predicted molar refractivity (Wildman–Crippen MR) is 60.4 cm³/mol. The van der Waals surface area contributed by atoms with Crippen LogP contribution in [-0.4, -0.2) is 18.0 Å². The van der Waals surface area contributed by atoms with Crippen LogP contribution in [0.4, 0.5) is 0 Å². The summed E-state index contributed by atoms with van der Waals surface area (Å²) in [6.45, 7) is 2.24. The minimum Gasteiger partial charge on any atom is -0.360 e. The number of carbonyl (C=O) groups is 1. The zero-order chi connectivity index (χ0) is 10.9. The lowest BCUT2D eigenvalue weighted by atomic mass is 10.1. The summed E-state index contributed by atoms with van der Waals surface area (Å²) in [6, 6.07) is 7.53. The van der Waals surface area contributed by atoms with E-state index < -0.39 is 5.60 Å². The number of carbonyl (C=O) groups excluding carboxylic acids is 1. The molecule has 0 amide bonds. The molecule has 0 radical (unpaired) electrons. The van der Waals surface area contributed by atoms with E-state index in [1.165, 1.54) is 0 Å². The van der Waals surface area contributed by atoms with E-state index in [2.05, 4.69) is 27.8 Å². The van der Waals surface area contributed by atoms with E-state index in [4.69, 9.17) is 4.74 Å². The SMILES string of the molecule is CC1(C(=O)C#Cc2cccc(Br)c2)CO1. The van der Waals surface area contributed by atoms with Crippen LogP contribution in [0.5, 0.6) is 0 Å². The molecule has 2 rings (SSSR count). The maximum absolute atomic E-state index is 11.5. The Morgan fingerprint density at radius 2 is 2.33 bits per heavy atom. The van der Waals surface area contributed by atoms with Crippen LogP contribution >= 0.6 is 15.9 Å². The van der Waals surface area contributed by atoms with E-state index in [0.717, 1.165) is 10.0 Å². The van der Waals surface area contributed by atoms with Crippen LogP contribution in [0, 0.1) is 11.8 Å². The molecular formula is C12H9BrO2. The number of benzene rings is 1. The fourth-order valence-corrected chi connectivity index (χ4v) is 1.47. The topological polar surface area (TPSA) is 29.6 Å². The minimum absolute atomic E-state index is 0.150. The fraction of sp³-hybridized carbons (Fsp3) is 0.250. The summed E-state index contributed by atoms with van der Waals surface area (Å²) in [5.41, 5.74) is 0.181. The van der Waals surface area contributed by atoms with Gasteiger partial charge in [0.1, 0.15) is 0 Å². The van der Waals surface area contributed by atoms with Crippen LogP contribution in [-0.2, 0) is 9.53 Å². The monoisotopic (exact) mass is 264 g/mol. The number of epoxide rings is 1. The van der Waals surface area contributed by atoms with Gasteiger partial charge in [0.25, 0.3) is 0 Å². The van der Waals surface area contributed by atoms with Gasteiger partial charge in [0.15, 0.2) is 5.60 Å². The maximum atomic E-state index is 11.5. The number of rotatable bonds is 1. The van der Waals surface area contributed by atoms with Gasteiger partial charge in [0.2, 0.25) is 5.78 Å². The highest BCUT2D eigenvalue weighted by atomic mass is 79.9. The molecule has 1 fully saturated rings. The Bertz CT molecular complexity index is 464. The normalized spacial score (nSPS) is 22.8. The number of ketones is 1. The van der Waals surface area contributed by atoms with Gasteiger partial charge in [0.05, 0.1) is 6.61 Å². The zero-order valence-electron chi connectivity index (χ0n) is 8.21. The van der Waals surface area contributed by atoms with Crippen LogP contribution in [0.25, 0.3) is 0 Å². The molecule has 1 aliphatic rings. The number of Topliss-reactive ketones (excluding diaryl/α,β-unsaturated/α-hetero) is 1. The molecule has 0 aliphatic carbocycles. The molecule has 1 heterocycles. The van der Waals surface area contributed by atoms with Crippen molar-refractivity contribution < 1.29 is 9.53 Å². The predicted octanol–water partition coefficient (Wildman–Crippen LogP) is 2.16. The molecule has 0 saturated carbocycles. The molecule has 1 saturated heterocycles. The second-order valence-electron chi connectivity index (χ2n) is 3.61. The lowest BCUT2D eigenvalue weighted by Gasteiger charge is -1.94. The van der Waals surface area contributed by atoms with Crippen molar-refractivity contribution in [3.63, 3.8) is 0 Å². The van der Waals surface area contributed by atoms with Gasteiger partial charge in [-0.3, -0.25) is 4.79 Å². The molecule has 1 aromatic rings. The van der Waals surface area contributed by atoms with Crippen molar-refractivity contribution >= 4 is 21.7 Å². The van der Waals surface area contributed by atoms with Crippen molar-refractivity contribution in [3.8, 4) is 11.8 Å². The van der Waals surface area contributed by atoms with Crippen LogP contribution in [0.1, 0.15) is 12.5 Å². The average molecular weight is 265 g/mol. The summed E-state index contributed by atoms with van der Waals surface area (Å²) < 4.78 is 5.96. The van der Waals surface area contributed by atoms with Gasteiger partial charge in [-0.15, -0.1) is 0 Å². The quantitative estimate of drug-likeness (QED) is 0.575. The Morgan fingerprint density at radius 1 is 1.60 bits per heavy atom. The molecule has 15 heavy (non-hydrogen) atoms. The molecule has 2 nitrogen and oxygen atoms in total. The van der Waals surface area contributed by atoms with Crippen molar-refractivity contribution in [2.24, 2.45) is 0 Å². The molecule has 1 aliphatic heterocycles. The Hall–Kier alpha value is -1.11. The van der Waals surface area contributed by atoms with Crippen molar-refractivity contribution in [1.29, 1.82) is 0 Å². The van der Waals surface area contributed by atoms with E-state index in [1.807, 2.05) is 24.3 Å². The molecule has 0 aromatic heterocycles. The standard InChI is InChI=1S/C12H9BrO2/c1-12(8-15-12)11(14)6-5-9-3-2-4-10(13)7-9/h2-4,7H,8H2,1H3. The summed E-state index contributed by atoms with van der Waals surface area (Å²) in [4.78, 5) is 11.5. The number of ether oxygens (including phenoxy) is 1. The highest BCUT2D eigenvalue weighted by Crippen LogP contribution is 2.26. The van der Waals surface area contributed by atoms with E-state index in [-0.39, 0.29) is 5.78 Å². The van der Waals surface area contributed by atoms with Crippen LogP contribution in [0.3, 0.4) is 0 Å². The van der Waals surface area contributed by atoms with E-state index >= 15 is 0 Å². The second-order valence-corrected chi connectivity index (χ2v) is 4.52. The molecule has 3 heteroatoms. The first-order valence-corrected chi connectivity index (χ1v) is 5.35. The lowest BCUT2D eigenvalue weighted by Crippen LogP contribution is -2.17. The molecule has 1 aromatic carbocycles. The summed E-state index contributed by atoms with van der Waals surface area (Å²) in [5, 5.41) is 0. The van der Waals surface area contributed by atoms with Crippen LogP contribution in [0.2, 0.25) is 0 Å². The Kier molecular flexibility index (Phi) is 2.64. The molecular weight excluding hydrogens is 256 g/mol. The molecule has 0 N–H and O–H groups in total. The number of hydrogen-bond acceptors (Lipinski definition) is 2. The summed E-state index contributed by atoms with van der Waals surface area (Å²) in [5.74, 6) is 5.27. The smallest absolute Gasteiger partial charge is 0.239 e. The highest BCUT2D eigenvalue weighted by molar-refractivity contribution is 9.10. The van der Waals surface area contributed by atoms with Gasteiger partial charge in [-0.1, -0.05) is 27.9 Å². The third kappa shape index (κ3) is 2.47. The molecule has 76 valence electrons. The second kappa shape index (κ2) is 3.80. The third-order valence-corrected chi connectivity index (χ3v) is 2.70. The maximum Gasteiger partial charge on any atom is 0.239 e. The largest absolute Gasteiger partial charge is 0.360 e. The van der Waals surface area contributed by atoms with Crippen molar-refractivity contribution in [2.75, 3.05) is 6.61 Å². The first kappa shape index (κ1) is 10.4. The number of hydrogen-bond donors (Lipinski definition) is 0. The summed E-state index contributed by atoms with van der Waals surface area (Å²) in [7, 11) is 0. The summed E-state index contributed by atoms with van der Waals surface area (Å²) in [6.07, 6.45) is 0. The summed E-state index contributed by atoms with van der Waals surface area (Å²) >= 11 is 3.34. The average Bonchev–Trinajstić information content (AvgIpc) is 2.94. The van der Waals surface area contributed by atoms with Crippen molar-refractivity contribution in [3.05, 3.63) is 34.3 Å². The van der Waals surface area contributed by atoms with Crippen LogP contribution < -0.4 is 0 Å². The van der Waals surface area contributed by atoms with E-state index in [9.17, 15) is 4.79 Å². The molecule has 0 spiro atoms. The van der Waals surface area contributed by atoms with Gasteiger partial charge in [-0.2, -0.15) is 0 Å². The Labute approximate surface area is 96.8 Å².